The Morgan fingerprint density at radius 3 is 2.70 bits per heavy atom. The average Bonchev–Trinajstić information content (AvgIpc) is 3.36. The van der Waals surface area contributed by atoms with Crippen molar-refractivity contribution in [2.24, 2.45) is 17.8 Å². The molecule has 2 bridgehead atoms. The summed E-state index contributed by atoms with van der Waals surface area (Å²) in [7, 11) is 0. The van der Waals surface area contributed by atoms with Crippen molar-refractivity contribution in [3.63, 3.8) is 0 Å². The monoisotopic (exact) mass is 384 g/mol. The number of benzene rings is 1. The average molecular weight is 385 g/mol. The first-order valence-corrected chi connectivity index (χ1v) is 10.8. The quantitative estimate of drug-likeness (QED) is 0.771. The summed E-state index contributed by atoms with van der Waals surface area (Å²) in [5.74, 6) is 3.19. The molecule has 1 aromatic heterocycles. The zero-order valence-corrected chi connectivity index (χ0v) is 17.1. The summed E-state index contributed by atoms with van der Waals surface area (Å²) in [5.41, 5.74) is 2.00. The fourth-order valence-electron chi connectivity index (χ4n) is 4.79. The maximum atomic E-state index is 12.8. The van der Waals surface area contributed by atoms with Gasteiger partial charge in [0.05, 0.1) is 5.69 Å². The molecule has 0 radical (unpaired) electrons. The van der Waals surface area contributed by atoms with E-state index in [2.05, 4.69) is 24.1 Å². The maximum absolute atomic E-state index is 12.8. The van der Waals surface area contributed by atoms with Crippen molar-refractivity contribution < 1.29 is 9.53 Å². The molecular formula is C22H28N2O2S. The lowest BCUT2D eigenvalue weighted by atomic mass is 9.84. The second-order valence-corrected chi connectivity index (χ2v) is 9.31. The number of amides is 1. The fourth-order valence-corrected chi connectivity index (χ4v) is 5.67. The first kappa shape index (κ1) is 18.5. The van der Waals surface area contributed by atoms with E-state index in [1.54, 1.807) is 0 Å². The molecule has 1 N–H and O–H groups in total. The van der Waals surface area contributed by atoms with Gasteiger partial charge < -0.3 is 10.1 Å². The van der Waals surface area contributed by atoms with Gasteiger partial charge in [-0.1, -0.05) is 24.1 Å². The van der Waals surface area contributed by atoms with E-state index in [0.717, 1.165) is 28.3 Å². The molecule has 4 atom stereocenters. The number of nitrogens with one attached hydrogen (secondary N) is 1. The molecular weight excluding hydrogens is 356 g/mol. The molecule has 144 valence electrons. The highest BCUT2D eigenvalue weighted by molar-refractivity contribution is 7.13. The topological polar surface area (TPSA) is 51.2 Å². The molecule has 5 heteroatoms. The molecule has 2 aliphatic rings. The van der Waals surface area contributed by atoms with E-state index in [0.29, 0.717) is 17.4 Å². The number of thiazole rings is 1. The SMILES string of the molecule is Cc1ccc(OCc2nc(C)c(C(=O)NC(C)C3CC4CCC3C4)s2)cc1. The Labute approximate surface area is 165 Å². The summed E-state index contributed by atoms with van der Waals surface area (Å²) < 4.78 is 5.81. The molecule has 2 aromatic rings. The number of aromatic nitrogens is 1. The molecule has 0 spiro atoms. The minimum Gasteiger partial charge on any atom is -0.486 e. The Balaban J connectivity index is 1.35. The maximum Gasteiger partial charge on any atom is 0.263 e. The van der Waals surface area contributed by atoms with Crippen LogP contribution in [0.2, 0.25) is 0 Å². The number of hydrogen-bond donors (Lipinski definition) is 1. The van der Waals surface area contributed by atoms with E-state index in [1.165, 1.54) is 42.6 Å². The molecule has 27 heavy (non-hydrogen) atoms. The minimum atomic E-state index is 0.0156. The molecule has 4 nitrogen and oxygen atoms in total. The summed E-state index contributed by atoms with van der Waals surface area (Å²) in [4.78, 5) is 18.0. The zero-order chi connectivity index (χ0) is 19.0. The molecule has 1 heterocycles. The molecule has 0 aliphatic heterocycles. The van der Waals surface area contributed by atoms with E-state index < -0.39 is 0 Å². The van der Waals surface area contributed by atoms with Crippen LogP contribution in [0.1, 0.15) is 58.5 Å². The van der Waals surface area contributed by atoms with Gasteiger partial charge >= 0.3 is 0 Å². The van der Waals surface area contributed by atoms with Crippen LogP contribution in [0.4, 0.5) is 0 Å². The third-order valence-electron chi connectivity index (χ3n) is 6.22. The second kappa shape index (κ2) is 7.63. The van der Waals surface area contributed by atoms with Gasteiger partial charge in [0.15, 0.2) is 0 Å². The molecule has 1 amide bonds. The standard InChI is InChI=1S/C22H28N2O2S/c1-13-4-8-18(9-5-13)26-12-20-23-15(3)21(27-20)22(25)24-14(2)19-11-16-6-7-17(19)10-16/h4-5,8-9,14,16-17,19H,6-7,10-12H2,1-3H3,(H,24,25). The minimum absolute atomic E-state index is 0.0156. The van der Waals surface area contributed by atoms with Gasteiger partial charge in [-0.05, 0) is 69.9 Å². The number of ether oxygens (including phenoxy) is 1. The lowest BCUT2D eigenvalue weighted by Gasteiger charge is -2.28. The Morgan fingerprint density at radius 1 is 1.26 bits per heavy atom. The van der Waals surface area contributed by atoms with E-state index in [4.69, 9.17) is 4.74 Å². The largest absolute Gasteiger partial charge is 0.486 e. The Hall–Kier alpha value is -1.88. The first-order valence-electron chi connectivity index (χ1n) is 9.96. The molecule has 4 rings (SSSR count). The van der Waals surface area contributed by atoms with Crippen molar-refractivity contribution in [2.45, 2.75) is 59.1 Å². The molecule has 2 fully saturated rings. The normalized spacial score (nSPS) is 24.8. The molecule has 1 aromatic carbocycles. The third kappa shape index (κ3) is 4.03. The zero-order valence-electron chi connectivity index (χ0n) is 16.3. The van der Waals surface area contributed by atoms with Crippen LogP contribution in [0.3, 0.4) is 0 Å². The van der Waals surface area contributed by atoms with Gasteiger partial charge in [-0.3, -0.25) is 4.79 Å². The van der Waals surface area contributed by atoms with Crippen molar-refractivity contribution >= 4 is 17.2 Å². The van der Waals surface area contributed by atoms with Crippen molar-refractivity contribution in [1.29, 1.82) is 0 Å². The molecule has 2 aliphatic carbocycles. The lowest BCUT2D eigenvalue weighted by molar-refractivity contribution is 0.0918. The van der Waals surface area contributed by atoms with E-state index >= 15 is 0 Å². The van der Waals surface area contributed by atoms with Crippen molar-refractivity contribution in [3.05, 3.63) is 45.4 Å². The predicted octanol–water partition coefficient (Wildman–Crippen LogP) is 4.89. The second-order valence-electron chi connectivity index (χ2n) is 8.22. The Morgan fingerprint density at radius 2 is 2.04 bits per heavy atom. The highest BCUT2D eigenvalue weighted by atomic mass is 32.1. The number of nitrogens with zero attached hydrogens (tertiary/aromatic N) is 1. The smallest absolute Gasteiger partial charge is 0.263 e. The molecule has 0 saturated heterocycles. The van der Waals surface area contributed by atoms with Crippen LogP contribution in [0.15, 0.2) is 24.3 Å². The van der Waals surface area contributed by atoms with Crippen LogP contribution < -0.4 is 10.1 Å². The van der Waals surface area contributed by atoms with E-state index in [9.17, 15) is 4.79 Å². The number of carbonyl (C=O) groups excluding carboxylic acids is 1. The van der Waals surface area contributed by atoms with Crippen LogP contribution in [-0.2, 0) is 6.61 Å². The summed E-state index contributed by atoms with van der Waals surface area (Å²) >= 11 is 1.44. The van der Waals surface area contributed by atoms with E-state index in [1.807, 2.05) is 31.2 Å². The van der Waals surface area contributed by atoms with Gasteiger partial charge in [-0.25, -0.2) is 4.98 Å². The van der Waals surface area contributed by atoms with Crippen molar-refractivity contribution in [1.82, 2.24) is 10.3 Å². The van der Waals surface area contributed by atoms with Crippen LogP contribution in [0.5, 0.6) is 5.75 Å². The Kier molecular flexibility index (Phi) is 5.22. The predicted molar refractivity (Wildman–Crippen MR) is 108 cm³/mol. The number of hydrogen-bond acceptors (Lipinski definition) is 4. The highest BCUT2D eigenvalue weighted by Gasteiger charge is 2.42. The fraction of sp³-hybridized carbons (Fsp3) is 0.545. The van der Waals surface area contributed by atoms with Gasteiger partial charge in [-0.2, -0.15) is 0 Å². The summed E-state index contributed by atoms with van der Waals surface area (Å²) in [6.45, 7) is 6.52. The number of fused-ring (bicyclic) bond motifs is 2. The number of rotatable bonds is 6. The van der Waals surface area contributed by atoms with Crippen LogP contribution in [0, 0.1) is 31.6 Å². The Bertz CT molecular complexity index is 814. The highest BCUT2D eigenvalue weighted by Crippen LogP contribution is 2.49. The first-order chi connectivity index (χ1) is 13.0. The summed E-state index contributed by atoms with van der Waals surface area (Å²) in [6.07, 6.45) is 5.38. The summed E-state index contributed by atoms with van der Waals surface area (Å²) in [5, 5.41) is 4.09. The van der Waals surface area contributed by atoms with Crippen LogP contribution in [-0.4, -0.2) is 16.9 Å². The van der Waals surface area contributed by atoms with Crippen molar-refractivity contribution in [3.8, 4) is 5.75 Å². The lowest BCUT2D eigenvalue weighted by Crippen LogP contribution is -2.40. The summed E-state index contributed by atoms with van der Waals surface area (Å²) in [6, 6.07) is 8.21. The van der Waals surface area contributed by atoms with Crippen LogP contribution in [0.25, 0.3) is 0 Å². The van der Waals surface area contributed by atoms with E-state index in [-0.39, 0.29) is 11.9 Å². The van der Waals surface area contributed by atoms with Gasteiger partial charge in [-0.15, -0.1) is 11.3 Å². The molecule has 4 unspecified atom stereocenters. The van der Waals surface area contributed by atoms with Crippen LogP contribution >= 0.6 is 11.3 Å². The van der Waals surface area contributed by atoms with Gasteiger partial charge in [0.2, 0.25) is 0 Å². The van der Waals surface area contributed by atoms with Gasteiger partial charge in [0.25, 0.3) is 5.91 Å². The van der Waals surface area contributed by atoms with Gasteiger partial charge in [0, 0.05) is 6.04 Å². The molecule has 2 saturated carbocycles. The number of carbonyl (C=O) groups is 1. The third-order valence-corrected chi connectivity index (χ3v) is 7.35. The van der Waals surface area contributed by atoms with Crippen molar-refractivity contribution in [2.75, 3.05) is 0 Å². The van der Waals surface area contributed by atoms with Gasteiger partial charge in [0.1, 0.15) is 22.2 Å². The number of aryl methyl sites for hydroxylation is 2.